The molecule has 2 aromatic carbocycles. The first-order valence-corrected chi connectivity index (χ1v) is 9.40. The van der Waals surface area contributed by atoms with E-state index in [2.05, 4.69) is 0 Å². The van der Waals surface area contributed by atoms with Crippen LogP contribution in [0.2, 0.25) is 0 Å². The van der Waals surface area contributed by atoms with Gasteiger partial charge in [-0.25, -0.2) is 4.79 Å². The number of ketones is 1. The summed E-state index contributed by atoms with van der Waals surface area (Å²) in [6, 6.07) is 14.0. The number of hydrogen-bond acceptors (Lipinski definition) is 5. The topological polar surface area (TPSA) is 65.1 Å². The second-order valence-electron chi connectivity index (χ2n) is 6.69. The Labute approximate surface area is 165 Å². The zero-order valence-electron chi connectivity index (χ0n) is 16.2. The molecule has 0 spiro atoms. The van der Waals surface area contributed by atoms with E-state index >= 15 is 0 Å². The minimum absolute atomic E-state index is 0.325. The number of rotatable bonds is 6. The van der Waals surface area contributed by atoms with E-state index in [-0.39, 0.29) is 5.78 Å². The molecule has 1 amide bonds. The standard InChI is InChI=1S/C22H25NO5/c1-26-18-13-17(14-19(15-18)27-2)20(24)21(16-9-5-3-6-10-16)28-22(25)23-11-7-4-8-12-23/h3,5-6,9-10,13-15,21H,4,7-8,11-12H2,1-2H3. The fraction of sp³-hybridized carbons (Fsp3) is 0.364. The van der Waals surface area contributed by atoms with Crippen LogP contribution in [-0.4, -0.2) is 44.1 Å². The Balaban J connectivity index is 1.90. The van der Waals surface area contributed by atoms with Crippen molar-refractivity contribution < 1.29 is 23.8 Å². The summed E-state index contributed by atoms with van der Waals surface area (Å²) < 4.78 is 16.2. The number of nitrogens with zero attached hydrogens (tertiary/aromatic N) is 1. The Morgan fingerprint density at radius 3 is 2.07 bits per heavy atom. The summed E-state index contributed by atoms with van der Waals surface area (Å²) in [6.07, 6.45) is 1.51. The van der Waals surface area contributed by atoms with Gasteiger partial charge in [-0.3, -0.25) is 4.79 Å². The van der Waals surface area contributed by atoms with E-state index in [4.69, 9.17) is 14.2 Å². The second-order valence-corrected chi connectivity index (χ2v) is 6.69. The molecule has 28 heavy (non-hydrogen) atoms. The molecule has 1 unspecified atom stereocenters. The molecule has 1 heterocycles. The number of hydrogen-bond donors (Lipinski definition) is 0. The van der Waals surface area contributed by atoms with Gasteiger partial charge in [0.25, 0.3) is 0 Å². The van der Waals surface area contributed by atoms with Crippen LogP contribution in [0.3, 0.4) is 0 Å². The lowest BCUT2D eigenvalue weighted by atomic mass is 9.99. The predicted octanol–water partition coefficient (Wildman–Crippen LogP) is 4.25. The number of amides is 1. The summed E-state index contributed by atoms with van der Waals surface area (Å²) in [6.45, 7) is 1.31. The van der Waals surface area contributed by atoms with Gasteiger partial charge in [0, 0.05) is 30.3 Å². The molecule has 0 aromatic heterocycles. The third-order valence-electron chi connectivity index (χ3n) is 4.81. The number of methoxy groups -OCH3 is 2. The quantitative estimate of drug-likeness (QED) is 0.698. The monoisotopic (exact) mass is 383 g/mol. The lowest BCUT2D eigenvalue weighted by molar-refractivity contribution is 0.0459. The Bertz CT molecular complexity index is 793. The molecule has 1 aliphatic heterocycles. The molecule has 1 fully saturated rings. The number of benzene rings is 2. The average Bonchev–Trinajstić information content (AvgIpc) is 2.77. The molecule has 1 saturated heterocycles. The van der Waals surface area contributed by atoms with Crippen molar-refractivity contribution >= 4 is 11.9 Å². The van der Waals surface area contributed by atoms with Gasteiger partial charge in [0.15, 0.2) is 6.10 Å². The highest BCUT2D eigenvalue weighted by molar-refractivity contribution is 6.01. The maximum Gasteiger partial charge on any atom is 0.410 e. The van der Waals surface area contributed by atoms with Gasteiger partial charge in [-0.2, -0.15) is 0 Å². The van der Waals surface area contributed by atoms with Crippen molar-refractivity contribution in [3.63, 3.8) is 0 Å². The molecule has 0 N–H and O–H groups in total. The molecular weight excluding hydrogens is 358 g/mol. The van der Waals surface area contributed by atoms with E-state index in [1.165, 1.54) is 14.2 Å². The molecule has 2 aromatic rings. The SMILES string of the molecule is COc1cc(OC)cc(C(=O)C(OC(=O)N2CCCCC2)c2ccccc2)c1. The van der Waals surface area contributed by atoms with Gasteiger partial charge in [0.2, 0.25) is 5.78 Å². The van der Waals surface area contributed by atoms with Crippen molar-refractivity contribution in [2.45, 2.75) is 25.4 Å². The first-order chi connectivity index (χ1) is 13.6. The van der Waals surface area contributed by atoms with Crippen LogP contribution in [0.15, 0.2) is 48.5 Å². The van der Waals surface area contributed by atoms with Crippen LogP contribution in [0.4, 0.5) is 4.79 Å². The Morgan fingerprint density at radius 2 is 1.50 bits per heavy atom. The van der Waals surface area contributed by atoms with Crippen molar-refractivity contribution in [1.29, 1.82) is 0 Å². The molecular formula is C22H25NO5. The maximum absolute atomic E-state index is 13.3. The largest absolute Gasteiger partial charge is 0.497 e. The van der Waals surface area contributed by atoms with Gasteiger partial charge in [-0.15, -0.1) is 0 Å². The van der Waals surface area contributed by atoms with Crippen LogP contribution in [0.1, 0.15) is 41.3 Å². The van der Waals surface area contributed by atoms with Crippen LogP contribution < -0.4 is 9.47 Å². The molecule has 0 aliphatic carbocycles. The molecule has 6 heteroatoms. The minimum Gasteiger partial charge on any atom is -0.497 e. The van der Waals surface area contributed by atoms with Crippen molar-refractivity contribution in [1.82, 2.24) is 4.90 Å². The number of carbonyl (C=O) groups excluding carboxylic acids is 2. The number of Topliss-reactive ketones (excluding diaryl/α,β-unsaturated/α-hetero) is 1. The highest BCUT2D eigenvalue weighted by atomic mass is 16.6. The van der Waals surface area contributed by atoms with E-state index in [0.29, 0.717) is 35.7 Å². The molecule has 0 radical (unpaired) electrons. The maximum atomic E-state index is 13.3. The Morgan fingerprint density at radius 1 is 0.893 bits per heavy atom. The summed E-state index contributed by atoms with van der Waals surface area (Å²) in [5, 5.41) is 0. The van der Waals surface area contributed by atoms with Gasteiger partial charge < -0.3 is 19.1 Å². The summed E-state index contributed by atoms with van der Waals surface area (Å²) in [5.41, 5.74) is 0.983. The van der Waals surface area contributed by atoms with E-state index < -0.39 is 12.2 Å². The van der Waals surface area contributed by atoms with Crippen molar-refractivity contribution in [2.24, 2.45) is 0 Å². The van der Waals surface area contributed by atoms with Crippen molar-refractivity contribution in [2.75, 3.05) is 27.3 Å². The third kappa shape index (κ3) is 4.63. The smallest absolute Gasteiger partial charge is 0.410 e. The van der Waals surface area contributed by atoms with E-state index in [9.17, 15) is 9.59 Å². The first kappa shape index (κ1) is 19.7. The Kier molecular flexibility index (Phi) is 6.53. The van der Waals surface area contributed by atoms with Crippen LogP contribution in [0, 0.1) is 0 Å². The molecule has 1 aliphatic rings. The van der Waals surface area contributed by atoms with Gasteiger partial charge >= 0.3 is 6.09 Å². The van der Waals surface area contributed by atoms with Crippen LogP contribution in [-0.2, 0) is 4.74 Å². The fourth-order valence-corrected chi connectivity index (χ4v) is 3.25. The van der Waals surface area contributed by atoms with E-state index in [1.807, 2.05) is 18.2 Å². The molecule has 0 bridgehead atoms. The fourth-order valence-electron chi connectivity index (χ4n) is 3.25. The third-order valence-corrected chi connectivity index (χ3v) is 4.81. The molecule has 1 atom stereocenters. The second kappa shape index (κ2) is 9.26. The molecule has 0 saturated carbocycles. The zero-order chi connectivity index (χ0) is 19.9. The number of carbonyl (C=O) groups is 2. The minimum atomic E-state index is -1.03. The van der Waals surface area contributed by atoms with Gasteiger partial charge in [-0.1, -0.05) is 30.3 Å². The number of piperidine rings is 1. The number of ether oxygens (including phenoxy) is 3. The first-order valence-electron chi connectivity index (χ1n) is 9.40. The van der Waals surface area contributed by atoms with Gasteiger partial charge in [-0.05, 0) is 31.4 Å². The average molecular weight is 383 g/mol. The lowest BCUT2D eigenvalue weighted by Gasteiger charge is -2.28. The van der Waals surface area contributed by atoms with E-state index in [1.54, 1.807) is 35.2 Å². The summed E-state index contributed by atoms with van der Waals surface area (Å²) >= 11 is 0. The molecule has 3 rings (SSSR count). The Hall–Kier alpha value is -3.02. The predicted molar refractivity (Wildman–Crippen MR) is 105 cm³/mol. The van der Waals surface area contributed by atoms with Crippen molar-refractivity contribution in [3.05, 3.63) is 59.7 Å². The highest BCUT2D eigenvalue weighted by Gasteiger charge is 2.29. The summed E-state index contributed by atoms with van der Waals surface area (Å²) in [7, 11) is 3.04. The van der Waals surface area contributed by atoms with Gasteiger partial charge in [0.05, 0.1) is 14.2 Å². The molecule has 148 valence electrons. The zero-order valence-corrected chi connectivity index (χ0v) is 16.2. The number of likely N-dealkylation sites (tertiary alicyclic amines) is 1. The lowest BCUT2D eigenvalue weighted by Crippen LogP contribution is -2.37. The summed E-state index contributed by atoms with van der Waals surface area (Å²) in [5.74, 6) is 0.669. The normalized spacial score (nSPS) is 14.9. The summed E-state index contributed by atoms with van der Waals surface area (Å²) in [4.78, 5) is 27.6. The van der Waals surface area contributed by atoms with Crippen LogP contribution in [0.25, 0.3) is 0 Å². The van der Waals surface area contributed by atoms with Crippen LogP contribution in [0.5, 0.6) is 11.5 Å². The van der Waals surface area contributed by atoms with Crippen LogP contribution >= 0.6 is 0 Å². The van der Waals surface area contributed by atoms with E-state index in [0.717, 1.165) is 19.3 Å². The molecule has 6 nitrogen and oxygen atoms in total. The van der Waals surface area contributed by atoms with Gasteiger partial charge in [0.1, 0.15) is 11.5 Å². The highest BCUT2D eigenvalue weighted by Crippen LogP contribution is 2.29. The van der Waals surface area contributed by atoms with Crippen molar-refractivity contribution in [3.8, 4) is 11.5 Å².